The molecule has 30 heavy (non-hydrogen) atoms. The summed E-state index contributed by atoms with van der Waals surface area (Å²) in [5.41, 5.74) is 7.21. The molecule has 0 heterocycles. The van der Waals surface area contributed by atoms with Crippen LogP contribution in [0.4, 0.5) is 5.69 Å². The van der Waals surface area contributed by atoms with E-state index in [-0.39, 0.29) is 0 Å². The first-order chi connectivity index (χ1) is 14.5. The van der Waals surface area contributed by atoms with Gasteiger partial charge in [0.25, 0.3) is 0 Å². The van der Waals surface area contributed by atoms with Gasteiger partial charge in [-0.25, -0.2) is 0 Å². The van der Waals surface area contributed by atoms with Gasteiger partial charge in [0.2, 0.25) is 0 Å². The second-order valence-corrected chi connectivity index (χ2v) is 7.81. The van der Waals surface area contributed by atoms with E-state index in [1.807, 2.05) is 26.1 Å². The van der Waals surface area contributed by atoms with Crippen molar-refractivity contribution in [2.24, 2.45) is 10.9 Å². The second kappa shape index (κ2) is 11.3. The highest BCUT2D eigenvalue weighted by Crippen LogP contribution is 2.28. The molecule has 0 fully saturated rings. The van der Waals surface area contributed by atoms with Crippen molar-refractivity contribution < 1.29 is 0 Å². The molecular formula is C29H35N. The van der Waals surface area contributed by atoms with Gasteiger partial charge in [0.05, 0.1) is 5.69 Å². The Kier molecular flexibility index (Phi) is 8.80. The summed E-state index contributed by atoms with van der Waals surface area (Å²) in [6, 6.07) is 19.3. The lowest BCUT2D eigenvalue weighted by Crippen LogP contribution is -2.02. The zero-order valence-corrected chi connectivity index (χ0v) is 19.4. The molecule has 3 rings (SSSR count). The van der Waals surface area contributed by atoms with Crippen molar-refractivity contribution in [3.05, 3.63) is 95.6 Å². The molecule has 0 aromatic heterocycles. The van der Waals surface area contributed by atoms with Gasteiger partial charge in [0, 0.05) is 11.8 Å². The van der Waals surface area contributed by atoms with Gasteiger partial charge in [0.1, 0.15) is 0 Å². The Morgan fingerprint density at radius 3 is 2.23 bits per heavy atom. The molecule has 3 aromatic carbocycles. The van der Waals surface area contributed by atoms with Crippen molar-refractivity contribution in [3.8, 4) is 0 Å². The van der Waals surface area contributed by atoms with Crippen LogP contribution in [0, 0.1) is 19.8 Å². The fourth-order valence-electron chi connectivity index (χ4n) is 3.69. The maximum absolute atomic E-state index is 4.87. The Labute approximate surface area is 182 Å². The normalized spacial score (nSPS) is 11.6. The van der Waals surface area contributed by atoms with Crippen molar-refractivity contribution >= 4 is 28.2 Å². The molecule has 0 N–H and O–H groups in total. The highest BCUT2D eigenvalue weighted by Gasteiger charge is 2.11. The summed E-state index contributed by atoms with van der Waals surface area (Å²) in [7, 11) is 0. The van der Waals surface area contributed by atoms with Gasteiger partial charge in [-0.15, -0.1) is 0 Å². The minimum atomic E-state index is 0.602. The maximum Gasteiger partial charge on any atom is 0.0665 e. The molecule has 0 atom stereocenters. The predicted octanol–water partition coefficient (Wildman–Crippen LogP) is 8.65. The molecule has 0 spiro atoms. The molecule has 156 valence electrons. The first-order valence-corrected chi connectivity index (χ1v) is 10.9. The smallest absolute Gasteiger partial charge is 0.0665 e. The van der Waals surface area contributed by atoms with Crippen molar-refractivity contribution in [2.75, 3.05) is 0 Å². The SMILES string of the molecule is C=C/C=C(/C=Nc1cc2ccccc2cc1C)c1c(C)cccc1CC(C)C.CC. The first kappa shape index (κ1) is 23.3. The molecule has 1 heteroatoms. The van der Waals surface area contributed by atoms with Crippen LogP contribution >= 0.6 is 0 Å². The number of nitrogens with zero attached hydrogens (tertiary/aromatic N) is 1. The molecular weight excluding hydrogens is 362 g/mol. The number of aryl methyl sites for hydroxylation is 2. The average Bonchev–Trinajstić information content (AvgIpc) is 2.73. The number of allylic oxidation sites excluding steroid dienone is 3. The Balaban J connectivity index is 0.00000155. The van der Waals surface area contributed by atoms with Crippen LogP contribution in [-0.4, -0.2) is 6.21 Å². The summed E-state index contributed by atoms with van der Waals surface area (Å²) < 4.78 is 0. The van der Waals surface area contributed by atoms with Gasteiger partial charge in [-0.2, -0.15) is 0 Å². The lowest BCUT2D eigenvalue weighted by molar-refractivity contribution is 0.646. The third kappa shape index (κ3) is 5.79. The Morgan fingerprint density at radius 1 is 0.933 bits per heavy atom. The number of hydrogen-bond acceptors (Lipinski definition) is 1. The van der Waals surface area contributed by atoms with Crippen molar-refractivity contribution in [2.45, 2.75) is 48.0 Å². The van der Waals surface area contributed by atoms with E-state index in [2.05, 4.69) is 94.9 Å². The highest BCUT2D eigenvalue weighted by molar-refractivity contribution is 6.12. The molecule has 0 amide bonds. The Hall–Kier alpha value is -2.93. The zero-order chi connectivity index (χ0) is 22.1. The summed E-state index contributed by atoms with van der Waals surface area (Å²) in [5, 5.41) is 2.46. The van der Waals surface area contributed by atoms with Crippen molar-refractivity contribution in [1.82, 2.24) is 0 Å². The lowest BCUT2D eigenvalue weighted by Gasteiger charge is -2.15. The number of rotatable bonds is 6. The van der Waals surface area contributed by atoms with Gasteiger partial charge in [-0.3, -0.25) is 4.99 Å². The maximum atomic E-state index is 4.87. The largest absolute Gasteiger partial charge is 0.256 e. The number of fused-ring (bicyclic) bond motifs is 1. The van der Waals surface area contributed by atoms with Crippen molar-refractivity contribution in [3.63, 3.8) is 0 Å². The van der Waals surface area contributed by atoms with Gasteiger partial charge in [0.15, 0.2) is 0 Å². The van der Waals surface area contributed by atoms with Crippen LogP contribution in [0.3, 0.4) is 0 Å². The molecule has 0 bridgehead atoms. The molecule has 1 nitrogen and oxygen atoms in total. The molecule has 0 saturated carbocycles. The monoisotopic (exact) mass is 397 g/mol. The number of benzene rings is 3. The fourth-order valence-corrected chi connectivity index (χ4v) is 3.69. The van der Waals surface area contributed by atoms with Gasteiger partial charge < -0.3 is 0 Å². The predicted molar refractivity (Wildman–Crippen MR) is 136 cm³/mol. The molecule has 0 aliphatic rings. The van der Waals surface area contributed by atoms with Crippen LogP contribution < -0.4 is 0 Å². The molecule has 0 radical (unpaired) electrons. The number of hydrogen-bond donors (Lipinski definition) is 0. The molecule has 0 saturated heterocycles. The van der Waals surface area contributed by atoms with Crippen LogP contribution in [0.2, 0.25) is 0 Å². The van der Waals surface area contributed by atoms with Crippen LogP contribution in [0.15, 0.2) is 78.3 Å². The topological polar surface area (TPSA) is 12.4 Å². The molecule has 0 unspecified atom stereocenters. The summed E-state index contributed by atoms with van der Waals surface area (Å²) in [4.78, 5) is 4.87. The summed E-state index contributed by atoms with van der Waals surface area (Å²) in [5.74, 6) is 0.602. The van der Waals surface area contributed by atoms with Gasteiger partial charge >= 0.3 is 0 Å². The average molecular weight is 398 g/mol. The third-order valence-corrected chi connectivity index (χ3v) is 4.98. The van der Waals surface area contributed by atoms with Crippen LogP contribution in [-0.2, 0) is 6.42 Å². The second-order valence-electron chi connectivity index (χ2n) is 7.81. The lowest BCUT2D eigenvalue weighted by atomic mass is 9.90. The van der Waals surface area contributed by atoms with Crippen LogP contribution in [0.5, 0.6) is 0 Å². The van der Waals surface area contributed by atoms with E-state index in [1.165, 1.54) is 33.0 Å². The van der Waals surface area contributed by atoms with E-state index >= 15 is 0 Å². The van der Waals surface area contributed by atoms with E-state index in [9.17, 15) is 0 Å². The van der Waals surface area contributed by atoms with E-state index in [4.69, 9.17) is 4.99 Å². The Morgan fingerprint density at radius 2 is 1.60 bits per heavy atom. The summed E-state index contributed by atoms with van der Waals surface area (Å²) in [6.07, 6.45) is 6.95. The number of aliphatic imine (C=N–C) groups is 1. The third-order valence-electron chi connectivity index (χ3n) is 4.98. The molecule has 3 aromatic rings. The minimum Gasteiger partial charge on any atom is -0.256 e. The van der Waals surface area contributed by atoms with E-state index in [1.54, 1.807) is 0 Å². The van der Waals surface area contributed by atoms with Gasteiger partial charge in [-0.1, -0.05) is 88.9 Å². The van der Waals surface area contributed by atoms with Gasteiger partial charge in [-0.05, 0) is 71.3 Å². The summed E-state index contributed by atoms with van der Waals surface area (Å²) >= 11 is 0. The quantitative estimate of drug-likeness (QED) is 0.291. The fraction of sp³-hybridized carbons (Fsp3) is 0.276. The molecule has 0 aliphatic heterocycles. The van der Waals surface area contributed by atoms with Crippen molar-refractivity contribution in [1.29, 1.82) is 0 Å². The van der Waals surface area contributed by atoms with E-state index in [0.717, 1.165) is 17.7 Å². The van der Waals surface area contributed by atoms with Crippen LogP contribution in [0.1, 0.15) is 49.9 Å². The Bertz CT molecular complexity index is 1050. The highest BCUT2D eigenvalue weighted by atomic mass is 14.7. The van der Waals surface area contributed by atoms with E-state index in [0.29, 0.717) is 5.92 Å². The minimum absolute atomic E-state index is 0.602. The van der Waals surface area contributed by atoms with E-state index < -0.39 is 0 Å². The molecule has 0 aliphatic carbocycles. The summed E-state index contributed by atoms with van der Waals surface area (Å²) in [6.45, 7) is 16.7. The first-order valence-electron chi connectivity index (χ1n) is 10.9. The van der Waals surface area contributed by atoms with Crippen LogP contribution in [0.25, 0.3) is 16.3 Å². The standard InChI is InChI=1S/C27H29N.C2H6/c1-6-10-25(27-20(4)11-9-14-24(27)15-19(2)3)18-28-26-17-23-13-8-7-12-22(23)16-21(26)5;1-2/h6-14,16-19H,1,15H2,2-5H3;1-2H3/b25-10-,28-18?;. The zero-order valence-electron chi connectivity index (χ0n) is 19.4.